The molecule has 1 aliphatic carbocycles. The van der Waals surface area contributed by atoms with E-state index in [0.717, 1.165) is 35.0 Å². The maximum atomic E-state index is 13.3. The monoisotopic (exact) mass is 437 g/mol. The van der Waals surface area contributed by atoms with Crippen LogP contribution in [0.1, 0.15) is 23.8 Å². The van der Waals surface area contributed by atoms with Crippen LogP contribution in [0.2, 0.25) is 5.02 Å². The van der Waals surface area contributed by atoms with Gasteiger partial charge in [-0.2, -0.15) is 0 Å². The van der Waals surface area contributed by atoms with Crippen LogP contribution in [-0.2, 0) is 24.7 Å². The summed E-state index contributed by atoms with van der Waals surface area (Å²) in [5.74, 6) is -0.826. The predicted molar refractivity (Wildman–Crippen MR) is 112 cm³/mol. The summed E-state index contributed by atoms with van der Waals surface area (Å²) in [4.78, 5) is 32.0. The topological polar surface area (TPSA) is 64.0 Å². The van der Waals surface area contributed by atoms with E-state index in [4.69, 9.17) is 11.6 Å². The summed E-state index contributed by atoms with van der Waals surface area (Å²) in [6.45, 7) is 1.73. The van der Waals surface area contributed by atoms with Crippen molar-refractivity contribution in [2.45, 2.75) is 36.6 Å². The molecule has 1 aliphatic rings. The third kappa shape index (κ3) is 3.44. The number of aromatic nitrogens is 2. The number of aryl methyl sites for hydroxylation is 2. The van der Waals surface area contributed by atoms with E-state index in [1.165, 1.54) is 39.4 Å². The highest BCUT2D eigenvalue weighted by Crippen LogP contribution is 2.36. The second-order valence-corrected chi connectivity index (χ2v) is 9.47. The third-order valence-electron chi connectivity index (χ3n) is 4.74. The van der Waals surface area contributed by atoms with Gasteiger partial charge < -0.3 is 5.32 Å². The minimum atomic E-state index is -0.544. The lowest BCUT2D eigenvalue weighted by molar-refractivity contribution is -0.115. The first-order valence-corrected chi connectivity index (χ1v) is 10.9. The largest absolute Gasteiger partial charge is 0.325 e. The Bertz CT molecular complexity index is 1160. The van der Waals surface area contributed by atoms with Crippen LogP contribution in [0.5, 0.6) is 0 Å². The van der Waals surface area contributed by atoms with Gasteiger partial charge in [-0.25, -0.2) is 9.37 Å². The molecule has 4 rings (SSSR count). The molecule has 0 bridgehead atoms. The number of amides is 1. The van der Waals surface area contributed by atoms with Crippen LogP contribution < -0.4 is 10.9 Å². The molecule has 1 unspecified atom stereocenters. The molecule has 1 atom stereocenters. The molecule has 0 aliphatic heterocycles. The lowest BCUT2D eigenvalue weighted by atomic mass is 10.2. The molecule has 2 aromatic heterocycles. The first kappa shape index (κ1) is 19.4. The number of hydrogen-bond acceptors (Lipinski definition) is 5. The van der Waals surface area contributed by atoms with Crippen LogP contribution in [0.4, 0.5) is 10.1 Å². The van der Waals surface area contributed by atoms with Crippen molar-refractivity contribution in [1.82, 2.24) is 9.55 Å². The van der Waals surface area contributed by atoms with Crippen LogP contribution in [0.15, 0.2) is 28.2 Å². The van der Waals surface area contributed by atoms with Gasteiger partial charge in [0.05, 0.1) is 15.7 Å². The maximum Gasteiger partial charge on any atom is 0.262 e. The predicted octanol–water partition coefficient (Wildman–Crippen LogP) is 4.40. The van der Waals surface area contributed by atoms with Gasteiger partial charge in [-0.15, -0.1) is 11.3 Å². The summed E-state index contributed by atoms with van der Waals surface area (Å²) in [5.41, 5.74) is 1.49. The molecular weight excluding hydrogens is 421 g/mol. The number of rotatable bonds is 4. The van der Waals surface area contributed by atoms with E-state index in [1.54, 1.807) is 25.3 Å². The van der Waals surface area contributed by atoms with Gasteiger partial charge in [0.15, 0.2) is 5.16 Å². The van der Waals surface area contributed by atoms with Gasteiger partial charge in [0, 0.05) is 17.6 Å². The highest BCUT2D eigenvalue weighted by molar-refractivity contribution is 8.00. The van der Waals surface area contributed by atoms with E-state index in [9.17, 15) is 14.0 Å². The SMILES string of the molecule is CC(Sc1nc2sc3c(c2c(=O)n1C)CCC3)C(=O)Nc1ccc(F)c(Cl)c1. The van der Waals surface area contributed by atoms with E-state index in [0.29, 0.717) is 10.8 Å². The smallest absolute Gasteiger partial charge is 0.262 e. The van der Waals surface area contributed by atoms with Crippen molar-refractivity contribution in [3.63, 3.8) is 0 Å². The van der Waals surface area contributed by atoms with E-state index in [1.807, 2.05) is 0 Å². The molecule has 1 N–H and O–H groups in total. The maximum absolute atomic E-state index is 13.3. The summed E-state index contributed by atoms with van der Waals surface area (Å²) in [6.07, 6.45) is 3.01. The number of nitrogens with zero attached hydrogens (tertiary/aromatic N) is 2. The number of thioether (sulfide) groups is 1. The van der Waals surface area contributed by atoms with E-state index < -0.39 is 11.1 Å². The number of hydrogen-bond donors (Lipinski definition) is 1. The molecule has 9 heteroatoms. The Labute approximate surface area is 173 Å². The summed E-state index contributed by atoms with van der Waals surface area (Å²) < 4.78 is 14.8. The first-order chi connectivity index (χ1) is 13.3. The number of carbonyl (C=O) groups is 1. The first-order valence-electron chi connectivity index (χ1n) is 8.79. The van der Waals surface area contributed by atoms with Crippen molar-refractivity contribution in [1.29, 1.82) is 0 Å². The van der Waals surface area contributed by atoms with Gasteiger partial charge >= 0.3 is 0 Å². The summed E-state index contributed by atoms with van der Waals surface area (Å²) >= 11 is 8.54. The van der Waals surface area contributed by atoms with Crippen molar-refractivity contribution in [3.05, 3.63) is 49.8 Å². The number of nitrogens with one attached hydrogen (secondary N) is 1. The normalized spacial score (nSPS) is 14.3. The second kappa shape index (κ2) is 7.50. The van der Waals surface area contributed by atoms with Gasteiger partial charge in [-0.3, -0.25) is 14.2 Å². The van der Waals surface area contributed by atoms with Crippen LogP contribution in [0, 0.1) is 5.82 Å². The minimum Gasteiger partial charge on any atom is -0.325 e. The Morgan fingerprint density at radius 1 is 1.43 bits per heavy atom. The Balaban J connectivity index is 1.57. The zero-order valence-electron chi connectivity index (χ0n) is 15.2. The highest BCUT2D eigenvalue weighted by atomic mass is 35.5. The lowest BCUT2D eigenvalue weighted by Gasteiger charge is -2.14. The fourth-order valence-corrected chi connectivity index (χ4v) is 5.60. The molecule has 1 aromatic carbocycles. The average molecular weight is 438 g/mol. The van der Waals surface area contributed by atoms with Crippen LogP contribution >= 0.6 is 34.7 Å². The number of fused-ring (bicyclic) bond motifs is 3. The van der Waals surface area contributed by atoms with Crippen molar-refractivity contribution in [2.75, 3.05) is 5.32 Å². The number of thiophene rings is 1. The lowest BCUT2D eigenvalue weighted by Crippen LogP contribution is -2.25. The molecule has 2 heterocycles. The molecule has 0 saturated heterocycles. The summed E-state index contributed by atoms with van der Waals surface area (Å²) in [7, 11) is 1.68. The standard InChI is InChI=1S/C19H17ClFN3O2S2/c1-9(16(25)22-10-6-7-13(21)12(20)8-10)27-19-23-17-15(18(26)24(19)2)11-4-3-5-14(11)28-17/h6-9H,3-5H2,1-2H3,(H,22,25). The number of halogens is 2. The number of carbonyl (C=O) groups excluding carboxylic acids is 1. The highest BCUT2D eigenvalue weighted by Gasteiger charge is 2.24. The molecule has 0 saturated carbocycles. The fraction of sp³-hybridized carbons (Fsp3) is 0.316. The average Bonchev–Trinajstić information content (AvgIpc) is 3.23. The number of benzene rings is 1. The van der Waals surface area contributed by atoms with Gasteiger partial charge in [-0.05, 0) is 49.9 Å². The van der Waals surface area contributed by atoms with Crippen molar-refractivity contribution in [3.8, 4) is 0 Å². The molecule has 5 nitrogen and oxygen atoms in total. The molecular formula is C19H17ClFN3O2S2. The van der Waals surface area contributed by atoms with Crippen molar-refractivity contribution >= 4 is 56.5 Å². The van der Waals surface area contributed by atoms with E-state index >= 15 is 0 Å². The van der Waals surface area contributed by atoms with Crippen LogP contribution in [0.3, 0.4) is 0 Å². The van der Waals surface area contributed by atoms with Crippen molar-refractivity contribution in [2.24, 2.45) is 7.05 Å². The Hall–Kier alpha value is -1.90. The molecule has 1 amide bonds. The quantitative estimate of drug-likeness (QED) is 0.485. The molecule has 3 aromatic rings. The second-order valence-electron chi connectivity index (χ2n) is 6.67. The summed E-state index contributed by atoms with van der Waals surface area (Å²) in [5, 5.41) is 3.37. The Morgan fingerprint density at radius 2 is 2.21 bits per heavy atom. The molecule has 0 spiro atoms. The molecule has 0 radical (unpaired) electrons. The van der Waals surface area contributed by atoms with Crippen LogP contribution in [-0.4, -0.2) is 20.7 Å². The van der Waals surface area contributed by atoms with Gasteiger partial charge in [0.1, 0.15) is 10.6 Å². The van der Waals surface area contributed by atoms with Crippen LogP contribution in [0.25, 0.3) is 10.2 Å². The Kier molecular flexibility index (Phi) is 5.20. The number of anilines is 1. The van der Waals surface area contributed by atoms with E-state index in [-0.39, 0.29) is 16.5 Å². The van der Waals surface area contributed by atoms with Gasteiger partial charge in [-0.1, -0.05) is 23.4 Å². The summed E-state index contributed by atoms with van der Waals surface area (Å²) in [6, 6.07) is 4.01. The third-order valence-corrected chi connectivity index (χ3v) is 7.36. The zero-order chi connectivity index (χ0) is 20.0. The minimum absolute atomic E-state index is 0.0571. The van der Waals surface area contributed by atoms with Gasteiger partial charge in [0.25, 0.3) is 5.56 Å². The van der Waals surface area contributed by atoms with E-state index in [2.05, 4.69) is 10.3 Å². The molecule has 146 valence electrons. The van der Waals surface area contributed by atoms with Crippen molar-refractivity contribution < 1.29 is 9.18 Å². The zero-order valence-corrected chi connectivity index (χ0v) is 17.6. The Morgan fingerprint density at radius 3 is 2.96 bits per heavy atom. The van der Waals surface area contributed by atoms with Gasteiger partial charge in [0.2, 0.25) is 5.91 Å². The fourth-order valence-electron chi connectivity index (χ4n) is 3.24. The molecule has 0 fully saturated rings. The molecule has 28 heavy (non-hydrogen) atoms.